The van der Waals surface area contributed by atoms with Crippen molar-refractivity contribution in [1.29, 1.82) is 0 Å². The van der Waals surface area contributed by atoms with E-state index < -0.39 is 41.6 Å². The maximum Gasteiger partial charge on any atom is 0.313 e. The molecule has 1 spiro atoms. The van der Waals surface area contributed by atoms with Crippen LogP contribution in [0.4, 0.5) is 5.69 Å². The Morgan fingerprint density at radius 1 is 1.17 bits per heavy atom. The number of amides is 2. The number of carbonyl (C=O) groups is 3. The molecule has 4 aliphatic heterocycles. The summed E-state index contributed by atoms with van der Waals surface area (Å²) in [6, 6.07) is 5.34. The molecular formula is C26H29ClN2O6. The van der Waals surface area contributed by atoms with Crippen molar-refractivity contribution in [2.75, 3.05) is 24.7 Å². The fraction of sp³-hybridized carbons (Fsp3) is 0.500. The lowest BCUT2D eigenvalue weighted by Gasteiger charge is -2.39. The maximum atomic E-state index is 14.3. The quantitative estimate of drug-likeness (QED) is 0.492. The number of anilines is 1. The van der Waals surface area contributed by atoms with Gasteiger partial charge in [0.1, 0.15) is 24.2 Å². The molecule has 2 saturated heterocycles. The first-order chi connectivity index (χ1) is 16.8. The van der Waals surface area contributed by atoms with Gasteiger partial charge in [0.25, 0.3) is 5.91 Å². The normalized spacial score (nSPS) is 32.8. The first-order valence-electron chi connectivity index (χ1n) is 12.0. The summed E-state index contributed by atoms with van der Waals surface area (Å²) in [6.45, 7) is 4.00. The second-order valence-corrected chi connectivity index (χ2v) is 10.3. The number of ether oxygens (including phenoxy) is 2. The van der Waals surface area contributed by atoms with Crippen LogP contribution in [0.15, 0.2) is 48.6 Å². The molecule has 0 radical (unpaired) electrons. The van der Waals surface area contributed by atoms with E-state index in [0.29, 0.717) is 17.1 Å². The van der Waals surface area contributed by atoms with E-state index in [9.17, 15) is 19.5 Å². The zero-order valence-corrected chi connectivity index (χ0v) is 20.4. The highest BCUT2D eigenvalue weighted by molar-refractivity contribution is 6.34. The fourth-order valence-corrected chi connectivity index (χ4v) is 6.25. The van der Waals surface area contributed by atoms with E-state index in [4.69, 9.17) is 21.1 Å². The minimum atomic E-state index is -1.37. The van der Waals surface area contributed by atoms with Crippen molar-refractivity contribution in [2.45, 2.75) is 44.1 Å². The molecule has 8 nitrogen and oxygen atoms in total. The summed E-state index contributed by atoms with van der Waals surface area (Å²) in [7, 11) is 0. The van der Waals surface area contributed by atoms with E-state index >= 15 is 0 Å². The molecule has 35 heavy (non-hydrogen) atoms. The summed E-state index contributed by atoms with van der Waals surface area (Å²) < 4.78 is 11.8. The third-order valence-corrected chi connectivity index (χ3v) is 7.66. The van der Waals surface area contributed by atoms with Crippen LogP contribution in [0, 0.1) is 17.8 Å². The monoisotopic (exact) mass is 500 g/mol. The van der Waals surface area contributed by atoms with Crippen LogP contribution in [-0.4, -0.2) is 71.3 Å². The maximum absolute atomic E-state index is 14.3. The summed E-state index contributed by atoms with van der Waals surface area (Å²) in [5, 5.41) is 10.7. The van der Waals surface area contributed by atoms with Crippen LogP contribution in [-0.2, 0) is 23.9 Å². The number of para-hydroxylation sites is 1. The molecule has 2 fully saturated rings. The predicted molar refractivity (Wildman–Crippen MR) is 129 cm³/mol. The van der Waals surface area contributed by atoms with Gasteiger partial charge in [-0.15, -0.1) is 0 Å². The summed E-state index contributed by atoms with van der Waals surface area (Å²) in [5.74, 6) is -2.93. The molecule has 4 heterocycles. The van der Waals surface area contributed by atoms with Gasteiger partial charge in [-0.3, -0.25) is 14.4 Å². The summed E-state index contributed by atoms with van der Waals surface area (Å²) in [5.41, 5.74) is -0.849. The molecule has 6 atom stereocenters. The Kier molecular flexibility index (Phi) is 6.23. The fourth-order valence-electron chi connectivity index (χ4n) is 6.01. The minimum absolute atomic E-state index is 0.109. The number of aliphatic hydroxyl groups is 1. The van der Waals surface area contributed by atoms with Crippen LogP contribution in [0.25, 0.3) is 0 Å². The van der Waals surface area contributed by atoms with E-state index in [1.165, 1.54) is 9.80 Å². The van der Waals surface area contributed by atoms with Crippen molar-refractivity contribution in [3.63, 3.8) is 0 Å². The number of likely N-dealkylation sites (tertiary alicyclic amines) is 1. The van der Waals surface area contributed by atoms with Gasteiger partial charge in [0.05, 0.1) is 35.4 Å². The molecule has 0 aliphatic carbocycles. The number of aliphatic hydroxyl groups excluding tert-OH is 1. The zero-order chi connectivity index (χ0) is 24.9. The molecule has 0 bridgehead atoms. The largest absolute Gasteiger partial charge is 0.461 e. The number of hydrogen-bond donors (Lipinski definition) is 1. The standard InChI is InChI=1S/C26H29ClN2O6/c1-15(2)13-16(14-30)29-22-24(32)28(18-8-4-3-7-17(18)27)11-6-10-26(22)21(23(29)31)20-19(35-26)9-5-12-34-25(20)33/h3-10,15-16,19-22,30H,11-14H2,1-2H3/t16-,19+,20-,21+,22?,26+/m1/s1. The third kappa shape index (κ3) is 3.70. The second-order valence-electron chi connectivity index (χ2n) is 9.91. The van der Waals surface area contributed by atoms with Gasteiger partial charge in [0, 0.05) is 6.54 Å². The van der Waals surface area contributed by atoms with Crippen molar-refractivity contribution in [3.8, 4) is 0 Å². The number of halogens is 1. The SMILES string of the molecule is CC(C)C[C@H](CO)N1C(=O)[C@@H]2[C@@H]3C(=O)OCC=C[C@@H]3O[C@@]23C=CCN(c2ccccc2Cl)C(=O)C13. The van der Waals surface area contributed by atoms with Crippen LogP contribution < -0.4 is 4.90 Å². The van der Waals surface area contributed by atoms with Crippen LogP contribution in [0.2, 0.25) is 5.02 Å². The van der Waals surface area contributed by atoms with E-state index in [0.717, 1.165) is 0 Å². The molecule has 186 valence electrons. The predicted octanol–water partition coefficient (Wildman–Crippen LogP) is 2.34. The molecule has 2 amide bonds. The van der Waals surface area contributed by atoms with Gasteiger partial charge in [-0.2, -0.15) is 0 Å². The molecule has 0 saturated carbocycles. The number of fused-ring (bicyclic) bond motifs is 2. The van der Waals surface area contributed by atoms with Crippen molar-refractivity contribution < 1.29 is 29.0 Å². The number of rotatable bonds is 5. The Morgan fingerprint density at radius 3 is 2.66 bits per heavy atom. The summed E-state index contributed by atoms with van der Waals surface area (Å²) in [6.07, 6.45) is 6.79. The minimum Gasteiger partial charge on any atom is -0.461 e. The Balaban J connectivity index is 1.66. The number of esters is 1. The van der Waals surface area contributed by atoms with E-state index in [1.807, 2.05) is 13.8 Å². The van der Waals surface area contributed by atoms with Gasteiger partial charge in [0.15, 0.2) is 0 Å². The number of nitrogens with zero attached hydrogens (tertiary/aromatic N) is 2. The van der Waals surface area contributed by atoms with Crippen molar-refractivity contribution in [3.05, 3.63) is 53.6 Å². The topological polar surface area (TPSA) is 96.4 Å². The zero-order valence-electron chi connectivity index (χ0n) is 19.7. The number of cyclic esters (lactones) is 1. The van der Waals surface area contributed by atoms with Gasteiger partial charge < -0.3 is 24.4 Å². The lowest BCUT2D eigenvalue weighted by Crippen LogP contribution is -2.58. The van der Waals surface area contributed by atoms with Crippen molar-refractivity contribution in [2.24, 2.45) is 17.8 Å². The Labute approximate surface area is 209 Å². The average Bonchev–Trinajstić information content (AvgIpc) is 3.13. The average molecular weight is 501 g/mol. The highest BCUT2D eigenvalue weighted by Crippen LogP contribution is 2.54. The molecule has 1 aromatic carbocycles. The molecule has 0 aromatic heterocycles. The summed E-state index contributed by atoms with van der Waals surface area (Å²) >= 11 is 6.45. The van der Waals surface area contributed by atoms with Gasteiger partial charge in [-0.25, -0.2) is 0 Å². The molecule has 1 aromatic rings. The molecule has 1 unspecified atom stereocenters. The van der Waals surface area contributed by atoms with Crippen LogP contribution in [0.1, 0.15) is 20.3 Å². The Morgan fingerprint density at radius 2 is 1.94 bits per heavy atom. The number of hydrogen-bond acceptors (Lipinski definition) is 6. The van der Waals surface area contributed by atoms with Crippen molar-refractivity contribution >= 4 is 35.1 Å². The smallest absolute Gasteiger partial charge is 0.313 e. The van der Waals surface area contributed by atoms with Gasteiger partial charge >= 0.3 is 5.97 Å². The summed E-state index contributed by atoms with van der Waals surface area (Å²) in [4.78, 5) is 44.3. The molecule has 9 heteroatoms. The number of carbonyl (C=O) groups excluding carboxylic acids is 3. The van der Waals surface area contributed by atoms with Gasteiger partial charge in [-0.1, -0.05) is 55.8 Å². The van der Waals surface area contributed by atoms with Crippen LogP contribution in [0.5, 0.6) is 0 Å². The Hall–Kier alpha value is -2.68. The molecule has 1 N–H and O–H groups in total. The highest BCUT2D eigenvalue weighted by atomic mass is 35.5. The van der Waals surface area contributed by atoms with Crippen LogP contribution >= 0.6 is 11.6 Å². The van der Waals surface area contributed by atoms with Crippen molar-refractivity contribution in [1.82, 2.24) is 4.90 Å². The van der Waals surface area contributed by atoms with E-state index in [2.05, 4.69) is 0 Å². The first kappa shape index (κ1) is 24.0. The lowest BCUT2D eigenvalue weighted by molar-refractivity contribution is -0.153. The highest BCUT2D eigenvalue weighted by Gasteiger charge is 2.72. The first-order valence-corrected chi connectivity index (χ1v) is 12.4. The Bertz CT molecular complexity index is 1100. The van der Waals surface area contributed by atoms with Crippen LogP contribution in [0.3, 0.4) is 0 Å². The van der Waals surface area contributed by atoms with E-state index in [1.54, 1.807) is 48.6 Å². The molecule has 5 rings (SSSR count). The number of benzene rings is 1. The lowest BCUT2D eigenvalue weighted by atomic mass is 9.78. The third-order valence-electron chi connectivity index (χ3n) is 7.34. The second kappa shape index (κ2) is 9.08. The van der Waals surface area contributed by atoms with Gasteiger partial charge in [-0.05, 0) is 30.5 Å². The van der Waals surface area contributed by atoms with Gasteiger partial charge in [0.2, 0.25) is 5.91 Å². The molecular weight excluding hydrogens is 472 g/mol. The van der Waals surface area contributed by atoms with E-state index in [-0.39, 0.29) is 37.5 Å². The molecule has 4 aliphatic rings.